The highest BCUT2D eigenvalue weighted by molar-refractivity contribution is 5.89. The third kappa shape index (κ3) is 5.41. The van der Waals surface area contributed by atoms with E-state index in [0.717, 1.165) is 55.5 Å². The quantitative estimate of drug-likeness (QED) is 0.338. The monoisotopic (exact) mass is 501 g/mol. The number of piperidine rings is 1. The van der Waals surface area contributed by atoms with Crippen molar-refractivity contribution < 1.29 is 9.13 Å². The van der Waals surface area contributed by atoms with Gasteiger partial charge in [0.25, 0.3) is 0 Å². The molecule has 2 N–H and O–H groups in total. The number of nitrogens with zero attached hydrogens (tertiary/aromatic N) is 5. The van der Waals surface area contributed by atoms with Crippen LogP contribution in [-0.2, 0) is 0 Å². The number of hydrogen-bond donors (Lipinski definition) is 2. The molecule has 1 saturated heterocycles. The van der Waals surface area contributed by atoms with Crippen LogP contribution in [0.15, 0.2) is 49.1 Å². The van der Waals surface area contributed by atoms with Crippen molar-refractivity contribution in [3.05, 3.63) is 54.9 Å². The second kappa shape index (κ2) is 10.8. The number of rotatable bonds is 7. The molecule has 1 aliphatic carbocycles. The molecule has 4 heterocycles. The molecule has 0 radical (unpaired) electrons. The van der Waals surface area contributed by atoms with Crippen LogP contribution in [0, 0.1) is 11.7 Å². The van der Waals surface area contributed by atoms with Gasteiger partial charge in [-0.1, -0.05) is 19.3 Å². The minimum absolute atomic E-state index is 0.331. The molecular formula is C28H32FN7O. The maximum atomic E-state index is 14.1. The van der Waals surface area contributed by atoms with Crippen LogP contribution in [0.25, 0.3) is 22.3 Å². The average Bonchev–Trinajstić information content (AvgIpc) is 3.45. The summed E-state index contributed by atoms with van der Waals surface area (Å²) in [5.74, 6) is 1.21. The first kappa shape index (κ1) is 23.8. The fourth-order valence-corrected chi connectivity index (χ4v) is 5.34. The minimum Gasteiger partial charge on any atom is -0.491 e. The molecular weight excluding hydrogens is 469 g/mol. The first-order chi connectivity index (χ1) is 18.2. The molecule has 0 atom stereocenters. The Bertz CT molecular complexity index is 1360. The van der Waals surface area contributed by atoms with Gasteiger partial charge in [-0.2, -0.15) is 5.10 Å². The Morgan fingerprint density at radius 1 is 1.03 bits per heavy atom. The molecule has 3 aromatic heterocycles. The number of hydrogen-bond acceptors (Lipinski definition) is 7. The van der Waals surface area contributed by atoms with Crippen molar-refractivity contribution in [1.82, 2.24) is 30.0 Å². The molecule has 8 nitrogen and oxygen atoms in total. The lowest BCUT2D eigenvalue weighted by Gasteiger charge is -2.22. The normalized spacial score (nSPS) is 17.2. The number of aromatic nitrogens is 5. The van der Waals surface area contributed by atoms with E-state index in [9.17, 15) is 4.39 Å². The summed E-state index contributed by atoms with van der Waals surface area (Å²) >= 11 is 0. The van der Waals surface area contributed by atoms with E-state index in [0.29, 0.717) is 41.3 Å². The van der Waals surface area contributed by atoms with Gasteiger partial charge >= 0.3 is 0 Å². The zero-order chi connectivity index (χ0) is 25.0. The molecule has 9 heteroatoms. The molecule has 37 heavy (non-hydrogen) atoms. The highest BCUT2D eigenvalue weighted by Gasteiger charge is 2.18. The number of ether oxygens (including phenoxy) is 1. The summed E-state index contributed by atoms with van der Waals surface area (Å²) in [5.41, 5.74) is 3.77. The van der Waals surface area contributed by atoms with E-state index in [1.165, 1.54) is 37.7 Å². The van der Waals surface area contributed by atoms with E-state index in [-0.39, 0.29) is 5.82 Å². The predicted octanol–water partition coefficient (Wildman–Crippen LogP) is 5.65. The Balaban J connectivity index is 1.26. The van der Waals surface area contributed by atoms with E-state index in [2.05, 4.69) is 36.6 Å². The van der Waals surface area contributed by atoms with E-state index in [1.54, 1.807) is 6.07 Å². The second-order valence-electron chi connectivity index (χ2n) is 10.1. The molecule has 0 unspecified atom stereocenters. The maximum absolute atomic E-state index is 14.1. The Kier molecular flexibility index (Phi) is 6.94. The molecule has 192 valence electrons. The molecule has 4 aromatic rings. The molecule has 2 fully saturated rings. The van der Waals surface area contributed by atoms with Gasteiger partial charge in [-0.25, -0.2) is 19.3 Å². The molecule has 0 bridgehead atoms. The van der Waals surface area contributed by atoms with Gasteiger partial charge in [-0.05, 0) is 69.0 Å². The zero-order valence-electron chi connectivity index (χ0n) is 20.9. The predicted molar refractivity (Wildman–Crippen MR) is 141 cm³/mol. The van der Waals surface area contributed by atoms with Crippen molar-refractivity contribution in [3.8, 4) is 17.0 Å². The van der Waals surface area contributed by atoms with Gasteiger partial charge < -0.3 is 15.4 Å². The summed E-state index contributed by atoms with van der Waals surface area (Å²) in [6.07, 6.45) is 13.7. The Labute approximate surface area is 215 Å². The maximum Gasteiger partial charge on any atom is 0.160 e. The number of benzene rings is 1. The molecule has 6 rings (SSSR count). The minimum atomic E-state index is -0.331. The van der Waals surface area contributed by atoms with Gasteiger partial charge in [0.05, 0.1) is 35.7 Å². The van der Waals surface area contributed by atoms with Crippen LogP contribution < -0.4 is 15.4 Å². The van der Waals surface area contributed by atoms with Crippen molar-refractivity contribution in [2.45, 2.75) is 51.0 Å². The third-order valence-electron chi connectivity index (χ3n) is 7.46. The van der Waals surface area contributed by atoms with Crippen molar-refractivity contribution in [2.75, 3.05) is 25.0 Å². The van der Waals surface area contributed by atoms with Gasteiger partial charge in [0.1, 0.15) is 23.4 Å². The Morgan fingerprint density at radius 2 is 1.89 bits per heavy atom. The van der Waals surface area contributed by atoms with Crippen molar-refractivity contribution in [1.29, 1.82) is 0 Å². The van der Waals surface area contributed by atoms with Gasteiger partial charge in [0.15, 0.2) is 5.82 Å². The molecule has 0 amide bonds. The van der Waals surface area contributed by atoms with Gasteiger partial charge in [0.2, 0.25) is 0 Å². The lowest BCUT2D eigenvalue weighted by atomic mass is 9.90. The van der Waals surface area contributed by atoms with E-state index >= 15 is 0 Å². The van der Waals surface area contributed by atoms with Crippen LogP contribution in [0.5, 0.6) is 5.75 Å². The lowest BCUT2D eigenvalue weighted by molar-refractivity contribution is 0.209. The first-order valence-electron chi connectivity index (χ1n) is 13.3. The van der Waals surface area contributed by atoms with Gasteiger partial charge in [-0.15, -0.1) is 0 Å². The number of halogens is 1. The first-order valence-corrected chi connectivity index (χ1v) is 13.3. The summed E-state index contributed by atoms with van der Waals surface area (Å²) in [6.45, 7) is 2.61. The molecule has 0 spiro atoms. The highest BCUT2D eigenvalue weighted by Crippen LogP contribution is 2.33. The van der Waals surface area contributed by atoms with E-state index in [1.807, 2.05) is 18.3 Å². The fraction of sp³-hybridized carbons (Fsp3) is 0.429. The van der Waals surface area contributed by atoms with E-state index < -0.39 is 0 Å². The molecule has 1 aromatic carbocycles. The Hall–Kier alpha value is -3.59. The number of fused-ring (bicyclic) bond motifs is 1. The summed E-state index contributed by atoms with van der Waals surface area (Å²) in [4.78, 5) is 13.8. The van der Waals surface area contributed by atoms with Crippen LogP contribution >= 0.6 is 0 Å². The summed E-state index contributed by atoms with van der Waals surface area (Å²) in [7, 11) is 0. The lowest BCUT2D eigenvalue weighted by Crippen LogP contribution is -2.29. The van der Waals surface area contributed by atoms with Crippen molar-refractivity contribution >= 4 is 22.5 Å². The van der Waals surface area contributed by atoms with Crippen LogP contribution in [0.2, 0.25) is 0 Å². The SMILES string of the molecule is Fc1ccc(Nc2ncnc3ccc(-c4cnn(C5CCNCC5)c4)nc23)c(OCC2CCCCC2)c1. The number of nitrogens with one attached hydrogen (secondary N) is 2. The molecule has 2 aliphatic rings. The summed E-state index contributed by atoms with van der Waals surface area (Å²) in [5, 5.41) is 11.3. The number of pyridine rings is 1. The van der Waals surface area contributed by atoms with Crippen molar-refractivity contribution in [3.63, 3.8) is 0 Å². The fourth-order valence-electron chi connectivity index (χ4n) is 5.34. The average molecular weight is 502 g/mol. The van der Waals surface area contributed by atoms with Crippen LogP contribution in [-0.4, -0.2) is 44.4 Å². The third-order valence-corrected chi connectivity index (χ3v) is 7.46. The number of anilines is 2. The standard InChI is InChI=1S/C28H32FN7O/c29-21-6-7-24(26(14-21)37-17-19-4-2-1-3-5-19)35-28-27-25(31-18-32-28)9-8-23(34-27)20-15-33-36(16-20)22-10-12-30-13-11-22/h6-9,14-16,18-19,22,30H,1-5,10-13,17H2,(H,31,32,35). The van der Waals surface area contributed by atoms with Crippen molar-refractivity contribution in [2.24, 2.45) is 5.92 Å². The summed E-state index contributed by atoms with van der Waals surface area (Å²) in [6, 6.07) is 8.85. The Morgan fingerprint density at radius 3 is 2.76 bits per heavy atom. The zero-order valence-corrected chi connectivity index (χ0v) is 20.9. The van der Waals surface area contributed by atoms with Crippen LogP contribution in [0.4, 0.5) is 15.9 Å². The smallest absolute Gasteiger partial charge is 0.160 e. The van der Waals surface area contributed by atoms with Gasteiger partial charge in [0, 0.05) is 17.8 Å². The summed E-state index contributed by atoms with van der Waals surface area (Å²) < 4.78 is 22.3. The molecule has 1 aliphatic heterocycles. The largest absolute Gasteiger partial charge is 0.491 e. The topological polar surface area (TPSA) is 89.8 Å². The van der Waals surface area contributed by atoms with E-state index in [4.69, 9.17) is 9.72 Å². The van der Waals surface area contributed by atoms with Gasteiger partial charge in [-0.3, -0.25) is 4.68 Å². The molecule has 1 saturated carbocycles. The van der Waals surface area contributed by atoms with Crippen LogP contribution in [0.1, 0.15) is 51.0 Å². The van der Waals surface area contributed by atoms with Crippen LogP contribution in [0.3, 0.4) is 0 Å². The second-order valence-corrected chi connectivity index (χ2v) is 10.1. The highest BCUT2D eigenvalue weighted by atomic mass is 19.1.